The van der Waals surface area contributed by atoms with Gasteiger partial charge in [0.15, 0.2) is 0 Å². The van der Waals surface area contributed by atoms with Crippen LogP contribution in [-0.4, -0.2) is 50.3 Å². The number of piperazine rings is 1. The minimum atomic E-state index is -4.71. The molecule has 1 saturated heterocycles. The van der Waals surface area contributed by atoms with E-state index in [9.17, 15) is 21.6 Å². The van der Waals surface area contributed by atoms with Crippen LogP contribution < -0.4 is 0 Å². The van der Waals surface area contributed by atoms with Crippen molar-refractivity contribution in [3.8, 4) is 0 Å². The molecule has 2 aromatic rings. The molecule has 0 atom stereocenters. The predicted octanol–water partition coefficient (Wildman–Crippen LogP) is 3.25. The first-order valence-corrected chi connectivity index (χ1v) is 10.1. The molecule has 3 rings (SSSR count). The van der Waals surface area contributed by atoms with Crippen LogP contribution >= 0.6 is 0 Å². The molecule has 0 saturated carbocycles. The maximum absolute atomic E-state index is 13.2. The van der Waals surface area contributed by atoms with Crippen LogP contribution in [0.2, 0.25) is 0 Å². The van der Waals surface area contributed by atoms with Crippen molar-refractivity contribution in [1.29, 1.82) is 0 Å². The first-order valence-electron chi connectivity index (χ1n) is 8.71. The third-order valence-electron chi connectivity index (χ3n) is 4.70. The van der Waals surface area contributed by atoms with Crippen LogP contribution in [0.15, 0.2) is 59.5 Å². The highest BCUT2D eigenvalue weighted by molar-refractivity contribution is 7.89. The smallest absolute Gasteiger partial charge is 0.300 e. The third kappa shape index (κ3) is 4.69. The van der Waals surface area contributed by atoms with Crippen molar-refractivity contribution in [3.05, 3.63) is 65.7 Å². The van der Waals surface area contributed by atoms with Crippen molar-refractivity contribution >= 4 is 10.0 Å². The first-order chi connectivity index (χ1) is 12.8. The summed E-state index contributed by atoms with van der Waals surface area (Å²) < 4.78 is 66.2. The van der Waals surface area contributed by atoms with Gasteiger partial charge in [0.25, 0.3) is 0 Å². The number of halogens is 3. The Morgan fingerprint density at radius 3 is 2.07 bits per heavy atom. The van der Waals surface area contributed by atoms with Gasteiger partial charge in [-0.1, -0.05) is 42.5 Å². The molecule has 1 aliphatic heterocycles. The van der Waals surface area contributed by atoms with E-state index < -0.39 is 26.7 Å². The van der Waals surface area contributed by atoms with Crippen LogP contribution in [0.1, 0.15) is 11.1 Å². The highest BCUT2D eigenvalue weighted by Crippen LogP contribution is 2.35. The van der Waals surface area contributed by atoms with Gasteiger partial charge in [-0.05, 0) is 24.1 Å². The summed E-state index contributed by atoms with van der Waals surface area (Å²) in [4.78, 5) is 1.46. The van der Waals surface area contributed by atoms with Crippen molar-refractivity contribution in [2.75, 3.05) is 32.7 Å². The predicted molar refractivity (Wildman–Crippen MR) is 96.8 cm³/mol. The normalized spacial score (nSPS) is 17.1. The van der Waals surface area contributed by atoms with Gasteiger partial charge in [-0.25, -0.2) is 8.42 Å². The van der Waals surface area contributed by atoms with Crippen LogP contribution in [0.4, 0.5) is 13.2 Å². The molecule has 0 amide bonds. The standard InChI is InChI=1S/C19H21F3N2O2S/c20-19(21,22)17-8-4-5-9-18(17)27(25,26)24-14-12-23(13-15-24)11-10-16-6-2-1-3-7-16/h1-9H,10-15H2. The van der Waals surface area contributed by atoms with Crippen LogP contribution in [0.5, 0.6) is 0 Å². The molecule has 0 aromatic heterocycles. The lowest BCUT2D eigenvalue weighted by Crippen LogP contribution is -2.49. The molecule has 1 heterocycles. The van der Waals surface area contributed by atoms with Crippen LogP contribution in [0.3, 0.4) is 0 Å². The highest BCUT2D eigenvalue weighted by atomic mass is 32.2. The molecule has 0 radical (unpaired) electrons. The SMILES string of the molecule is O=S(=O)(c1ccccc1C(F)(F)F)N1CCN(CCc2ccccc2)CC1. The van der Waals surface area contributed by atoms with Gasteiger partial charge in [0, 0.05) is 32.7 Å². The molecular weight excluding hydrogens is 377 g/mol. The number of rotatable bonds is 5. The topological polar surface area (TPSA) is 40.6 Å². The van der Waals surface area contributed by atoms with Gasteiger partial charge in [-0.15, -0.1) is 0 Å². The minimum absolute atomic E-state index is 0.184. The quantitative estimate of drug-likeness (QED) is 0.776. The highest BCUT2D eigenvalue weighted by Gasteiger charge is 2.39. The van der Waals surface area contributed by atoms with Gasteiger partial charge in [0.2, 0.25) is 10.0 Å². The Kier molecular flexibility index (Phi) is 5.88. The average molecular weight is 398 g/mol. The maximum atomic E-state index is 13.2. The Bertz CT molecular complexity index is 862. The average Bonchev–Trinajstić information content (AvgIpc) is 2.67. The van der Waals surface area contributed by atoms with Crippen LogP contribution in [-0.2, 0) is 22.6 Å². The van der Waals surface area contributed by atoms with E-state index in [4.69, 9.17) is 0 Å². The second-order valence-corrected chi connectivity index (χ2v) is 8.38. The Balaban J connectivity index is 1.65. The van der Waals surface area contributed by atoms with E-state index in [0.29, 0.717) is 13.1 Å². The van der Waals surface area contributed by atoms with E-state index in [1.807, 2.05) is 30.3 Å². The number of nitrogens with zero attached hydrogens (tertiary/aromatic N) is 2. The second kappa shape index (κ2) is 8.00. The molecule has 0 bridgehead atoms. The van der Waals surface area contributed by atoms with E-state index in [-0.39, 0.29) is 13.1 Å². The molecule has 2 aromatic carbocycles. The lowest BCUT2D eigenvalue weighted by molar-refractivity contribution is -0.139. The molecule has 4 nitrogen and oxygen atoms in total. The minimum Gasteiger partial charge on any atom is -0.300 e. The molecule has 146 valence electrons. The van der Waals surface area contributed by atoms with Gasteiger partial charge in [0.1, 0.15) is 0 Å². The molecule has 0 unspecified atom stereocenters. The number of hydrogen-bond acceptors (Lipinski definition) is 3. The zero-order valence-electron chi connectivity index (χ0n) is 14.7. The molecular formula is C19H21F3N2O2S. The maximum Gasteiger partial charge on any atom is 0.417 e. The molecule has 1 fully saturated rings. The molecule has 8 heteroatoms. The van der Waals surface area contributed by atoms with Gasteiger partial charge < -0.3 is 4.90 Å². The Hall–Kier alpha value is -1.90. The summed E-state index contributed by atoms with van der Waals surface area (Å²) in [6.45, 7) is 2.16. The molecule has 0 N–H and O–H groups in total. The second-order valence-electron chi connectivity index (χ2n) is 6.48. The van der Waals surface area contributed by atoms with Crippen molar-refractivity contribution < 1.29 is 21.6 Å². The van der Waals surface area contributed by atoms with Crippen molar-refractivity contribution in [2.45, 2.75) is 17.5 Å². The summed E-state index contributed by atoms with van der Waals surface area (Å²) in [5.74, 6) is 0. The van der Waals surface area contributed by atoms with E-state index in [0.717, 1.165) is 29.4 Å². The van der Waals surface area contributed by atoms with Crippen molar-refractivity contribution in [2.24, 2.45) is 0 Å². The summed E-state index contributed by atoms with van der Waals surface area (Å²) in [7, 11) is -4.18. The number of sulfonamides is 1. The third-order valence-corrected chi connectivity index (χ3v) is 6.66. The van der Waals surface area contributed by atoms with E-state index >= 15 is 0 Å². The van der Waals surface area contributed by atoms with E-state index in [1.54, 1.807) is 0 Å². The lowest BCUT2D eigenvalue weighted by Gasteiger charge is -2.34. The van der Waals surface area contributed by atoms with E-state index in [1.165, 1.54) is 17.7 Å². The van der Waals surface area contributed by atoms with Gasteiger partial charge >= 0.3 is 6.18 Å². The zero-order chi connectivity index (χ0) is 19.5. The molecule has 1 aliphatic rings. The molecule has 0 aliphatic carbocycles. The first kappa shape index (κ1) is 19.9. The summed E-state index contributed by atoms with van der Waals surface area (Å²) in [6.07, 6.45) is -3.86. The van der Waals surface area contributed by atoms with Crippen molar-refractivity contribution in [1.82, 2.24) is 9.21 Å². The number of benzene rings is 2. The van der Waals surface area contributed by atoms with Crippen LogP contribution in [0.25, 0.3) is 0 Å². The monoisotopic (exact) mass is 398 g/mol. The number of alkyl halides is 3. The van der Waals surface area contributed by atoms with Gasteiger partial charge in [-0.3, -0.25) is 0 Å². The Morgan fingerprint density at radius 1 is 0.852 bits per heavy atom. The zero-order valence-corrected chi connectivity index (χ0v) is 15.5. The van der Waals surface area contributed by atoms with Gasteiger partial charge in [-0.2, -0.15) is 17.5 Å². The molecule has 0 spiro atoms. The Morgan fingerprint density at radius 2 is 1.44 bits per heavy atom. The van der Waals surface area contributed by atoms with Crippen molar-refractivity contribution in [3.63, 3.8) is 0 Å². The summed E-state index contributed by atoms with van der Waals surface area (Å²) >= 11 is 0. The number of hydrogen-bond donors (Lipinski definition) is 0. The van der Waals surface area contributed by atoms with E-state index in [2.05, 4.69) is 4.90 Å². The lowest BCUT2D eigenvalue weighted by atomic mass is 10.1. The summed E-state index contributed by atoms with van der Waals surface area (Å²) in [5.41, 5.74) is 0.0863. The fourth-order valence-electron chi connectivity index (χ4n) is 3.19. The summed E-state index contributed by atoms with van der Waals surface area (Å²) in [6, 6.07) is 14.3. The fourth-order valence-corrected chi connectivity index (χ4v) is 4.82. The fraction of sp³-hybridized carbons (Fsp3) is 0.368. The Labute approximate surface area is 157 Å². The van der Waals surface area contributed by atoms with Crippen LogP contribution in [0, 0.1) is 0 Å². The largest absolute Gasteiger partial charge is 0.417 e. The van der Waals surface area contributed by atoms with Gasteiger partial charge in [0.05, 0.1) is 10.5 Å². The molecule has 27 heavy (non-hydrogen) atoms. The summed E-state index contributed by atoms with van der Waals surface area (Å²) in [5, 5.41) is 0.